The van der Waals surface area contributed by atoms with Gasteiger partial charge in [-0.1, -0.05) is 90.0 Å². The van der Waals surface area contributed by atoms with Crippen molar-refractivity contribution in [3.8, 4) is 11.5 Å². The lowest BCUT2D eigenvalue weighted by Crippen LogP contribution is -2.40. The molecule has 0 heterocycles. The number of hydrogen-bond donors (Lipinski definition) is 1. The second kappa shape index (κ2) is 18.4. The molecule has 1 rings (SSSR count). The maximum absolute atomic E-state index is 12.1. The lowest BCUT2D eigenvalue weighted by molar-refractivity contribution is -0.134. The molecule has 1 aromatic carbocycles. The Morgan fingerprint density at radius 3 is 1.85 bits per heavy atom. The Labute approximate surface area is 202 Å². The van der Waals surface area contributed by atoms with Crippen molar-refractivity contribution in [1.82, 2.24) is 5.32 Å². The van der Waals surface area contributed by atoms with Crippen molar-refractivity contribution in [1.29, 1.82) is 0 Å². The van der Waals surface area contributed by atoms with E-state index in [9.17, 15) is 9.59 Å². The predicted octanol–water partition coefficient (Wildman–Crippen LogP) is 7.37. The topological polar surface area (TPSA) is 64.6 Å². The summed E-state index contributed by atoms with van der Waals surface area (Å²) in [5, 5.41) is 2.82. The minimum Gasteiger partial charge on any atom is -0.481 e. The van der Waals surface area contributed by atoms with Crippen molar-refractivity contribution >= 4 is 11.9 Å². The van der Waals surface area contributed by atoms with Gasteiger partial charge in [0, 0.05) is 18.5 Å². The average molecular weight is 462 g/mol. The van der Waals surface area contributed by atoms with E-state index in [1.807, 2.05) is 13.8 Å². The second-order valence-corrected chi connectivity index (χ2v) is 9.36. The number of carbonyl (C=O) groups is 2. The lowest BCUT2D eigenvalue weighted by Gasteiger charge is -2.16. The molecule has 0 spiro atoms. The van der Waals surface area contributed by atoms with Crippen LogP contribution in [0.15, 0.2) is 24.3 Å². The Morgan fingerprint density at radius 2 is 1.30 bits per heavy atom. The first-order valence-corrected chi connectivity index (χ1v) is 13.2. The van der Waals surface area contributed by atoms with Gasteiger partial charge in [-0.3, -0.25) is 9.59 Å². The van der Waals surface area contributed by atoms with Crippen LogP contribution in [-0.2, 0) is 9.59 Å². The Balaban J connectivity index is 2.12. The minimum absolute atomic E-state index is 0.0564. The zero-order valence-electron chi connectivity index (χ0n) is 21.5. The predicted molar refractivity (Wildman–Crippen MR) is 136 cm³/mol. The van der Waals surface area contributed by atoms with E-state index in [4.69, 9.17) is 9.47 Å². The van der Waals surface area contributed by atoms with Crippen molar-refractivity contribution in [2.75, 3.05) is 0 Å². The molecule has 0 aliphatic rings. The maximum Gasteiger partial charge on any atom is 0.311 e. The maximum atomic E-state index is 12.1. The summed E-state index contributed by atoms with van der Waals surface area (Å²) in [5.41, 5.74) is 0. The number of hydrogen-bond acceptors (Lipinski definition) is 4. The van der Waals surface area contributed by atoms with Crippen LogP contribution in [0.2, 0.25) is 0 Å². The van der Waals surface area contributed by atoms with E-state index in [0.29, 0.717) is 17.9 Å². The molecule has 33 heavy (non-hydrogen) atoms. The number of esters is 1. The molecule has 0 bridgehead atoms. The van der Waals surface area contributed by atoms with Crippen LogP contribution < -0.4 is 14.8 Å². The van der Waals surface area contributed by atoms with Crippen LogP contribution in [0.25, 0.3) is 0 Å². The molecule has 1 N–H and O–H groups in total. The molecule has 0 aliphatic carbocycles. The lowest BCUT2D eigenvalue weighted by atomic mass is 10.0. The van der Waals surface area contributed by atoms with Gasteiger partial charge in [0.25, 0.3) is 5.91 Å². The van der Waals surface area contributed by atoms with E-state index >= 15 is 0 Å². The van der Waals surface area contributed by atoms with Crippen LogP contribution in [0, 0.1) is 0 Å². The van der Waals surface area contributed by atoms with Crippen LogP contribution in [-0.4, -0.2) is 24.0 Å². The first-order chi connectivity index (χ1) is 15.9. The molecular formula is C28H47NO4. The van der Waals surface area contributed by atoms with Gasteiger partial charge in [-0.25, -0.2) is 0 Å². The molecule has 1 aromatic rings. The van der Waals surface area contributed by atoms with E-state index < -0.39 is 6.10 Å². The van der Waals surface area contributed by atoms with Crippen molar-refractivity contribution < 1.29 is 19.1 Å². The molecule has 0 fully saturated rings. The van der Waals surface area contributed by atoms with Gasteiger partial charge in [-0.05, 0) is 39.3 Å². The van der Waals surface area contributed by atoms with Crippen molar-refractivity contribution in [2.45, 2.75) is 130 Å². The Morgan fingerprint density at radius 1 is 0.788 bits per heavy atom. The number of amides is 1. The molecular weight excluding hydrogens is 414 g/mol. The first kappa shape index (κ1) is 29.0. The van der Waals surface area contributed by atoms with Gasteiger partial charge >= 0.3 is 5.97 Å². The normalized spacial score (nSPS) is 11.9. The highest BCUT2D eigenvalue weighted by Crippen LogP contribution is 2.21. The van der Waals surface area contributed by atoms with Crippen molar-refractivity contribution in [2.24, 2.45) is 0 Å². The number of benzene rings is 1. The zero-order chi connectivity index (χ0) is 24.3. The Bertz CT molecular complexity index is 659. The highest BCUT2D eigenvalue weighted by molar-refractivity contribution is 5.81. The summed E-state index contributed by atoms with van der Waals surface area (Å²) in [7, 11) is 0. The fourth-order valence-electron chi connectivity index (χ4n) is 3.74. The van der Waals surface area contributed by atoms with E-state index in [1.54, 1.807) is 31.2 Å². The monoisotopic (exact) mass is 461 g/mol. The van der Waals surface area contributed by atoms with Gasteiger partial charge < -0.3 is 14.8 Å². The summed E-state index contributed by atoms with van der Waals surface area (Å²) in [6.45, 7) is 7.77. The van der Waals surface area contributed by atoms with Crippen LogP contribution in [0.1, 0.15) is 118 Å². The smallest absolute Gasteiger partial charge is 0.311 e. The first-order valence-electron chi connectivity index (χ1n) is 13.2. The number of unbranched alkanes of at least 4 members (excludes halogenated alkanes) is 12. The summed E-state index contributed by atoms with van der Waals surface area (Å²) < 4.78 is 11.1. The van der Waals surface area contributed by atoms with Gasteiger partial charge in [0.1, 0.15) is 11.5 Å². The molecule has 0 aliphatic heterocycles. The largest absolute Gasteiger partial charge is 0.481 e. The molecule has 0 saturated carbocycles. The van der Waals surface area contributed by atoms with Crippen molar-refractivity contribution in [3.05, 3.63) is 24.3 Å². The number of ether oxygens (including phenoxy) is 2. The van der Waals surface area contributed by atoms with E-state index in [0.717, 1.165) is 12.8 Å². The van der Waals surface area contributed by atoms with Crippen LogP contribution in [0.3, 0.4) is 0 Å². The molecule has 0 aromatic heterocycles. The SMILES string of the molecule is CCCCCCCCCCCCCCCC(=O)Oc1cccc(OC(C)C(=O)NC(C)C)c1. The third-order valence-electron chi connectivity index (χ3n) is 5.63. The molecule has 1 unspecified atom stereocenters. The average Bonchev–Trinajstić information content (AvgIpc) is 2.76. The second-order valence-electron chi connectivity index (χ2n) is 9.36. The minimum atomic E-state index is -0.621. The molecule has 188 valence electrons. The molecule has 5 nitrogen and oxygen atoms in total. The molecule has 1 amide bonds. The Kier molecular flexibility index (Phi) is 16.2. The van der Waals surface area contributed by atoms with Gasteiger partial charge in [0.2, 0.25) is 0 Å². The summed E-state index contributed by atoms with van der Waals surface area (Å²) in [6, 6.07) is 6.95. The summed E-state index contributed by atoms with van der Waals surface area (Å²) in [4.78, 5) is 24.2. The third-order valence-corrected chi connectivity index (χ3v) is 5.63. The van der Waals surface area contributed by atoms with Crippen LogP contribution in [0.4, 0.5) is 0 Å². The summed E-state index contributed by atoms with van der Waals surface area (Å²) in [6.07, 6.45) is 16.5. The van der Waals surface area contributed by atoms with Gasteiger partial charge in [0.05, 0.1) is 0 Å². The summed E-state index contributed by atoms with van der Waals surface area (Å²) in [5.74, 6) is 0.562. The van der Waals surface area contributed by atoms with Crippen LogP contribution >= 0.6 is 0 Å². The quantitative estimate of drug-likeness (QED) is 0.133. The standard InChI is InChI=1S/C28H47NO4/c1-5-6-7-8-9-10-11-12-13-14-15-16-17-21-27(30)33-26-20-18-19-25(22-26)32-24(4)28(31)29-23(2)3/h18-20,22-24H,5-17,21H2,1-4H3,(H,29,31). The number of carbonyl (C=O) groups excluding carboxylic acids is 2. The number of nitrogens with one attached hydrogen (secondary N) is 1. The number of rotatable bonds is 19. The van der Waals surface area contributed by atoms with Gasteiger partial charge in [-0.2, -0.15) is 0 Å². The van der Waals surface area contributed by atoms with Crippen LogP contribution in [0.5, 0.6) is 11.5 Å². The molecule has 0 radical (unpaired) electrons. The molecule has 0 saturated heterocycles. The highest BCUT2D eigenvalue weighted by atomic mass is 16.5. The zero-order valence-corrected chi connectivity index (χ0v) is 21.5. The fraction of sp³-hybridized carbons (Fsp3) is 0.714. The highest BCUT2D eigenvalue weighted by Gasteiger charge is 2.16. The van der Waals surface area contributed by atoms with E-state index in [-0.39, 0.29) is 17.9 Å². The Hall–Kier alpha value is -2.04. The molecule has 5 heteroatoms. The van der Waals surface area contributed by atoms with E-state index in [2.05, 4.69) is 12.2 Å². The van der Waals surface area contributed by atoms with Gasteiger partial charge in [-0.15, -0.1) is 0 Å². The van der Waals surface area contributed by atoms with E-state index in [1.165, 1.54) is 70.6 Å². The van der Waals surface area contributed by atoms with Crippen molar-refractivity contribution in [3.63, 3.8) is 0 Å². The molecule has 1 atom stereocenters. The fourth-order valence-corrected chi connectivity index (χ4v) is 3.74. The summed E-state index contributed by atoms with van der Waals surface area (Å²) >= 11 is 0. The van der Waals surface area contributed by atoms with Gasteiger partial charge in [0.15, 0.2) is 6.10 Å². The third kappa shape index (κ3) is 15.4.